The van der Waals surface area contributed by atoms with Gasteiger partial charge in [-0.25, -0.2) is 9.29 Å². The molecule has 0 spiro atoms. The summed E-state index contributed by atoms with van der Waals surface area (Å²) in [6.45, 7) is 0.180. The Hall–Kier alpha value is -3.52. The van der Waals surface area contributed by atoms with Gasteiger partial charge in [-0.2, -0.15) is 0 Å². The van der Waals surface area contributed by atoms with Gasteiger partial charge in [0.2, 0.25) is 5.91 Å². The first-order chi connectivity index (χ1) is 16.4. The molecule has 0 radical (unpaired) electrons. The Morgan fingerprint density at radius 3 is 2.44 bits per heavy atom. The smallest absolute Gasteiger partial charge is 0.257 e. The van der Waals surface area contributed by atoms with E-state index in [1.165, 1.54) is 23.1 Å². The van der Waals surface area contributed by atoms with Gasteiger partial charge >= 0.3 is 0 Å². The molecule has 6 nitrogen and oxygen atoms in total. The fourth-order valence-corrected chi connectivity index (χ4v) is 4.21. The van der Waals surface area contributed by atoms with Crippen molar-refractivity contribution >= 4 is 39.3 Å². The van der Waals surface area contributed by atoms with E-state index in [4.69, 9.17) is 4.74 Å². The average Bonchev–Trinajstić information content (AvgIpc) is 3.13. The second-order valence-electron chi connectivity index (χ2n) is 7.87. The van der Waals surface area contributed by atoms with Crippen molar-refractivity contribution < 1.29 is 23.5 Å². The van der Waals surface area contributed by atoms with Gasteiger partial charge < -0.3 is 9.64 Å². The van der Waals surface area contributed by atoms with Crippen LogP contribution in [0.15, 0.2) is 77.3 Å². The summed E-state index contributed by atoms with van der Waals surface area (Å²) in [7, 11) is 1.58. The molecule has 3 amide bonds. The van der Waals surface area contributed by atoms with Crippen LogP contribution in [0.5, 0.6) is 5.75 Å². The van der Waals surface area contributed by atoms with Crippen LogP contribution in [-0.2, 0) is 16.0 Å². The lowest BCUT2D eigenvalue weighted by Crippen LogP contribution is -2.46. The first kappa shape index (κ1) is 23.6. The Morgan fingerprint density at radius 1 is 1.09 bits per heavy atom. The molecule has 4 rings (SSSR count). The van der Waals surface area contributed by atoms with Crippen LogP contribution in [0.25, 0.3) is 0 Å². The Labute approximate surface area is 205 Å². The zero-order valence-corrected chi connectivity index (χ0v) is 20.0. The lowest BCUT2D eigenvalue weighted by molar-refractivity contribution is -0.122. The number of carbonyl (C=O) groups excluding carboxylic acids is 3. The number of halogens is 2. The second-order valence-corrected chi connectivity index (χ2v) is 8.79. The Kier molecular flexibility index (Phi) is 7.07. The SMILES string of the molecule is COc1ccc(CCN(C(=O)c2cccc(F)c2)C2CC(=O)N(c3ccc(Br)cc3)C2=O)cc1. The summed E-state index contributed by atoms with van der Waals surface area (Å²) in [4.78, 5) is 42.1. The molecule has 8 heteroatoms. The molecule has 1 atom stereocenters. The van der Waals surface area contributed by atoms with Gasteiger partial charge in [0, 0.05) is 16.6 Å². The summed E-state index contributed by atoms with van der Waals surface area (Å²) >= 11 is 3.34. The summed E-state index contributed by atoms with van der Waals surface area (Å²) in [5, 5.41) is 0. The predicted octanol–water partition coefficient (Wildman–Crippen LogP) is 4.61. The standard InChI is InChI=1S/C26H22BrFN2O4/c1-34-22-11-5-17(6-12-22)13-14-29(25(32)18-3-2-4-20(28)15-18)23-16-24(31)30(26(23)33)21-9-7-19(27)8-10-21/h2-12,15,23H,13-14,16H2,1H3. The molecule has 1 aliphatic heterocycles. The van der Waals surface area contributed by atoms with E-state index >= 15 is 0 Å². The van der Waals surface area contributed by atoms with Crippen LogP contribution in [0, 0.1) is 5.82 Å². The molecule has 1 saturated heterocycles. The number of amides is 3. The minimum absolute atomic E-state index is 0.122. The van der Waals surface area contributed by atoms with Crippen LogP contribution in [0.2, 0.25) is 0 Å². The summed E-state index contributed by atoms with van der Waals surface area (Å²) in [6.07, 6.45) is 0.305. The van der Waals surface area contributed by atoms with Crippen LogP contribution >= 0.6 is 15.9 Å². The molecule has 0 saturated carbocycles. The van der Waals surface area contributed by atoms with Gasteiger partial charge in [-0.3, -0.25) is 14.4 Å². The van der Waals surface area contributed by atoms with Gasteiger partial charge in [-0.05, 0) is 66.6 Å². The molecule has 0 N–H and O–H groups in total. The average molecular weight is 525 g/mol. The summed E-state index contributed by atoms with van der Waals surface area (Å²) in [6, 6.07) is 18.5. The fraction of sp³-hybridized carbons (Fsp3) is 0.192. The number of imide groups is 1. The monoisotopic (exact) mass is 524 g/mol. The van der Waals surface area contributed by atoms with Gasteiger partial charge in [-0.15, -0.1) is 0 Å². The van der Waals surface area contributed by atoms with Crippen molar-refractivity contribution in [3.05, 3.63) is 94.2 Å². The van der Waals surface area contributed by atoms with E-state index in [0.717, 1.165) is 21.0 Å². The maximum Gasteiger partial charge on any atom is 0.257 e. The van der Waals surface area contributed by atoms with E-state index in [-0.39, 0.29) is 24.4 Å². The van der Waals surface area contributed by atoms with Crippen molar-refractivity contribution in [2.75, 3.05) is 18.6 Å². The summed E-state index contributed by atoms with van der Waals surface area (Å²) < 4.78 is 19.8. The highest BCUT2D eigenvalue weighted by Gasteiger charge is 2.44. The molecule has 34 heavy (non-hydrogen) atoms. The molecule has 1 fully saturated rings. The topological polar surface area (TPSA) is 66.9 Å². The fourth-order valence-electron chi connectivity index (χ4n) is 3.95. The molecule has 0 aromatic heterocycles. The van der Waals surface area contributed by atoms with E-state index < -0.39 is 23.7 Å². The maximum absolute atomic E-state index is 13.8. The van der Waals surface area contributed by atoms with E-state index in [1.807, 2.05) is 24.3 Å². The number of nitrogens with zero attached hydrogens (tertiary/aromatic N) is 2. The lowest BCUT2D eigenvalue weighted by atomic mass is 10.1. The number of anilines is 1. The van der Waals surface area contributed by atoms with E-state index in [1.54, 1.807) is 31.4 Å². The number of carbonyl (C=O) groups is 3. The van der Waals surface area contributed by atoms with Gasteiger partial charge in [0.25, 0.3) is 11.8 Å². The molecule has 0 bridgehead atoms. The number of ether oxygens (including phenoxy) is 1. The van der Waals surface area contributed by atoms with Crippen LogP contribution in [0.1, 0.15) is 22.3 Å². The van der Waals surface area contributed by atoms with E-state index in [0.29, 0.717) is 17.9 Å². The van der Waals surface area contributed by atoms with Crippen molar-refractivity contribution in [1.29, 1.82) is 0 Å². The number of hydrogen-bond acceptors (Lipinski definition) is 4. The zero-order valence-electron chi connectivity index (χ0n) is 18.4. The Bertz CT molecular complexity index is 1210. The van der Waals surface area contributed by atoms with Crippen LogP contribution < -0.4 is 9.64 Å². The van der Waals surface area contributed by atoms with Crippen molar-refractivity contribution in [2.45, 2.75) is 18.9 Å². The zero-order chi connectivity index (χ0) is 24.2. The maximum atomic E-state index is 13.8. The summed E-state index contributed by atoms with van der Waals surface area (Å²) in [5.41, 5.74) is 1.49. The molecular formula is C26H22BrFN2O4. The quantitative estimate of drug-likeness (QED) is 0.423. The Morgan fingerprint density at radius 2 is 1.79 bits per heavy atom. The van der Waals surface area contributed by atoms with Crippen LogP contribution in [-0.4, -0.2) is 42.3 Å². The largest absolute Gasteiger partial charge is 0.497 e. The highest BCUT2D eigenvalue weighted by atomic mass is 79.9. The molecule has 174 valence electrons. The second kappa shape index (κ2) is 10.2. The molecule has 0 aliphatic carbocycles. The normalized spacial score (nSPS) is 15.5. The number of hydrogen-bond donors (Lipinski definition) is 0. The third kappa shape index (κ3) is 5.02. The molecule has 1 aliphatic rings. The Balaban J connectivity index is 1.62. The molecule has 3 aromatic rings. The van der Waals surface area contributed by atoms with Crippen LogP contribution in [0.3, 0.4) is 0 Å². The molecular weight excluding hydrogens is 503 g/mol. The number of methoxy groups -OCH3 is 1. The van der Waals surface area contributed by atoms with Crippen molar-refractivity contribution in [2.24, 2.45) is 0 Å². The van der Waals surface area contributed by atoms with Gasteiger partial charge in [0.15, 0.2) is 0 Å². The van der Waals surface area contributed by atoms with E-state index in [2.05, 4.69) is 15.9 Å². The summed E-state index contributed by atoms with van der Waals surface area (Å²) in [5.74, 6) is -1.22. The van der Waals surface area contributed by atoms with Crippen LogP contribution in [0.4, 0.5) is 10.1 Å². The lowest BCUT2D eigenvalue weighted by Gasteiger charge is -2.28. The predicted molar refractivity (Wildman–Crippen MR) is 129 cm³/mol. The minimum atomic E-state index is -0.981. The number of rotatable bonds is 7. The van der Waals surface area contributed by atoms with Crippen molar-refractivity contribution in [3.63, 3.8) is 0 Å². The first-order valence-corrected chi connectivity index (χ1v) is 11.5. The van der Waals surface area contributed by atoms with Crippen molar-refractivity contribution in [1.82, 2.24) is 4.90 Å². The first-order valence-electron chi connectivity index (χ1n) is 10.7. The minimum Gasteiger partial charge on any atom is -0.497 e. The van der Waals surface area contributed by atoms with E-state index in [9.17, 15) is 18.8 Å². The van der Waals surface area contributed by atoms with Gasteiger partial charge in [-0.1, -0.05) is 34.1 Å². The third-order valence-corrected chi connectivity index (χ3v) is 6.25. The van der Waals surface area contributed by atoms with Gasteiger partial charge in [0.1, 0.15) is 17.6 Å². The highest BCUT2D eigenvalue weighted by Crippen LogP contribution is 2.28. The molecule has 1 unspecified atom stereocenters. The number of benzene rings is 3. The van der Waals surface area contributed by atoms with Gasteiger partial charge in [0.05, 0.1) is 19.2 Å². The third-order valence-electron chi connectivity index (χ3n) is 5.72. The molecule has 3 aromatic carbocycles. The molecule has 1 heterocycles. The van der Waals surface area contributed by atoms with Crippen molar-refractivity contribution in [3.8, 4) is 5.75 Å². The highest BCUT2D eigenvalue weighted by molar-refractivity contribution is 9.10.